The van der Waals surface area contributed by atoms with Crippen LogP contribution in [0.5, 0.6) is 11.5 Å². The molecule has 22 heavy (non-hydrogen) atoms. The second kappa shape index (κ2) is 5.53. The Kier molecular flexibility index (Phi) is 4.06. The van der Waals surface area contributed by atoms with Crippen molar-refractivity contribution in [3.63, 3.8) is 0 Å². The first-order chi connectivity index (χ1) is 10.0. The van der Waals surface area contributed by atoms with E-state index in [1.165, 1.54) is 30.3 Å². The summed E-state index contributed by atoms with van der Waals surface area (Å²) >= 11 is 0. The molecular weight excluding hydrogens is 321 g/mol. The number of hydrogen-bond acceptors (Lipinski definition) is 4. The van der Waals surface area contributed by atoms with E-state index in [2.05, 4.69) is 4.74 Å². The lowest BCUT2D eigenvalue weighted by molar-refractivity contribution is -0.274. The Bertz CT molecular complexity index is 781. The summed E-state index contributed by atoms with van der Waals surface area (Å²) in [5.74, 6) is -0.960. The van der Waals surface area contributed by atoms with E-state index in [1.807, 2.05) is 0 Å². The average Bonchev–Trinajstić information content (AvgIpc) is 2.35. The highest BCUT2D eigenvalue weighted by molar-refractivity contribution is 7.90. The molecule has 0 saturated heterocycles. The molecule has 2 aromatic carbocycles. The summed E-state index contributed by atoms with van der Waals surface area (Å²) in [6.07, 6.45) is -3.82. The van der Waals surface area contributed by atoms with Gasteiger partial charge in [0.05, 0.1) is 4.90 Å². The minimum Gasteiger partial charge on any atom is -0.508 e. The molecule has 4 nitrogen and oxygen atoms in total. The number of halogens is 3. The number of hydrogen-bond donors (Lipinski definition) is 1. The molecule has 0 atom stereocenters. The van der Waals surface area contributed by atoms with Gasteiger partial charge in [0.1, 0.15) is 11.5 Å². The van der Waals surface area contributed by atoms with Crippen molar-refractivity contribution in [2.24, 2.45) is 0 Å². The zero-order valence-electron chi connectivity index (χ0n) is 11.3. The van der Waals surface area contributed by atoms with Crippen LogP contribution in [-0.4, -0.2) is 26.1 Å². The maximum Gasteiger partial charge on any atom is 0.573 e. The van der Waals surface area contributed by atoms with Crippen molar-refractivity contribution in [3.05, 3.63) is 42.5 Å². The molecule has 0 unspecified atom stereocenters. The molecule has 1 N–H and O–H groups in total. The molecule has 2 rings (SSSR count). The van der Waals surface area contributed by atoms with Crippen molar-refractivity contribution in [1.29, 1.82) is 0 Å². The van der Waals surface area contributed by atoms with Crippen molar-refractivity contribution in [3.8, 4) is 22.6 Å². The molecule has 0 spiro atoms. The third-order valence-corrected chi connectivity index (χ3v) is 3.87. The number of phenolic OH excluding ortho intramolecular Hbond substituents is 1. The Hall–Kier alpha value is -2.22. The van der Waals surface area contributed by atoms with Gasteiger partial charge in [0.25, 0.3) is 0 Å². The fraction of sp³-hybridized carbons (Fsp3) is 0.143. The van der Waals surface area contributed by atoms with Crippen molar-refractivity contribution in [2.45, 2.75) is 11.3 Å². The maximum absolute atomic E-state index is 12.2. The highest BCUT2D eigenvalue weighted by Gasteiger charge is 2.31. The van der Waals surface area contributed by atoms with Gasteiger partial charge in [-0.25, -0.2) is 8.42 Å². The maximum atomic E-state index is 12.2. The number of ether oxygens (including phenoxy) is 1. The summed E-state index contributed by atoms with van der Waals surface area (Å²) in [4.78, 5) is 0.0863. The molecule has 0 aliphatic carbocycles. The minimum absolute atomic E-state index is 0.0863. The summed E-state index contributed by atoms with van der Waals surface area (Å²) in [7, 11) is -3.36. The molecule has 0 aliphatic heterocycles. The van der Waals surface area contributed by atoms with E-state index in [1.54, 1.807) is 0 Å². The van der Waals surface area contributed by atoms with Gasteiger partial charge in [-0.2, -0.15) is 0 Å². The van der Waals surface area contributed by atoms with Crippen molar-refractivity contribution < 1.29 is 31.4 Å². The first-order valence-corrected chi connectivity index (χ1v) is 7.84. The van der Waals surface area contributed by atoms with E-state index in [0.29, 0.717) is 5.56 Å². The largest absolute Gasteiger partial charge is 0.573 e. The lowest BCUT2D eigenvalue weighted by atomic mass is 10.1. The molecule has 0 fully saturated rings. The predicted octanol–water partition coefficient (Wildman–Crippen LogP) is 3.36. The molecule has 0 radical (unpaired) electrons. The Balaban J connectivity index is 2.40. The minimum atomic E-state index is -4.87. The molecule has 0 saturated carbocycles. The Labute approximate surface area is 124 Å². The number of aromatic hydroxyl groups is 1. The quantitative estimate of drug-likeness (QED) is 0.936. The van der Waals surface area contributed by atoms with Crippen molar-refractivity contribution in [2.75, 3.05) is 6.26 Å². The van der Waals surface area contributed by atoms with Crippen LogP contribution in [0.4, 0.5) is 13.2 Å². The summed E-state index contributed by atoms with van der Waals surface area (Å²) in [6, 6.07) is 8.71. The molecule has 0 bridgehead atoms. The number of benzene rings is 2. The van der Waals surface area contributed by atoms with Gasteiger partial charge in [0.15, 0.2) is 9.84 Å². The van der Waals surface area contributed by atoms with E-state index in [0.717, 1.165) is 18.4 Å². The fourth-order valence-corrected chi connectivity index (χ4v) is 2.47. The third kappa shape index (κ3) is 4.14. The van der Waals surface area contributed by atoms with Gasteiger partial charge in [0, 0.05) is 12.3 Å². The molecule has 0 heterocycles. The van der Waals surface area contributed by atoms with Gasteiger partial charge in [0.2, 0.25) is 0 Å². The van der Waals surface area contributed by atoms with Crippen LogP contribution in [-0.2, 0) is 9.84 Å². The van der Waals surface area contributed by atoms with Crippen LogP contribution in [0.1, 0.15) is 0 Å². The molecule has 2 aromatic rings. The predicted molar refractivity (Wildman–Crippen MR) is 73.3 cm³/mol. The van der Waals surface area contributed by atoms with Gasteiger partial charge < -0.3 is 9.84 Å². The van der Waals surface area contributed by atoms with Crippen LogP contribution >= 0.6 is 0 Å². The highest BCUT2D eigenvalue weighted by atomic mass is 32.2. The summed E-state index contributed by atoms with van der Waals surface area (Å²) < 4.78 is 63.2. The zero-order chi connectivity index (χ0) is 16.5. The Morgan fingerprint density at radius 2 is 1.59 bits per heavy atom. The SMILES string of the molecule is CS(=O)(=O)c1ccc(-c2cc(O)cc(OC(F)(F)F)c2)cc1. The lowest BCUT2D eigenvalue weighted by Crippen LogP contribution is -2.17. The number of rotatable bonds is 3. The van der Waals surface area contributed by atoms with Crippen molar-refractivity contribution >= 4 is 9.84 Å². The topological polar surface area (TPSA) is 63.6 Å². The van der Waals surface area contributed by atoms with Crippen LogP contribution in [0.3, 0.4) is 0 Å². The first-order valence-electron chi connectivity index (χ1n) is 5.95. The van der Waals surface area contributed by atoms with Crippen LogP contribution in [0.2, 0.25) is 0 Å². The number of phenols is 1. The van der Waals surface area contributed by atoms with Gasteiger partial charge in [-0.3, -0.25) is 0 Å². The summed E-state index contributed by atoms with van der Waals surface area (Å²) in [5.41, 5.74) is 0.703. The molecular formula is C14H11F3O4S. The lowest BCUT2D eigenvalue weighted by Gasteiger charge is -2.11. The smallest absolute Gasteiger partial charge is 0.508 e. The molecule has 8 heteroatoms. The van der Waals surface area contributed by atoms with Gasteiger partial charge >= 0.3 is 6.36 Å². The monoisotopic (exact) mass is 332 g/mol. The second-order valence-corrected chi connectivity index (χ2v) is 6.58. The fourth-order valence-electron chi connectivity index (χ4n) is 1.84. The average molecular weight is 332 g/mol. The highest BCUT2D eigenvalue weighted by Crippen LogP contribution is 2.32. The number of alkyl halides is 3. The first kappa shape index (κ1) is 16.2. The van der Waals surface area contributed by atoms with E-state index >= 15 is 0 Å². The molecule has 0 aromatic heterocycles. The number of sulfone groups is 1. The van der Waals surface area contributed by atoms with Crippen LogP contribution in [0, 0.1) is 0 Å². The van der Waals surface area contributed by atoms with E-state index in [9.17, 15) is 26.7 Å². The van der Waals surface area contributed by atoms with Gasteiger partial charge in [-0.05, 0) is 35.4 Å². The second-order valence-electron chi connectivity index (χ2n) is 4.56. The molecule has 0 amide bonds. The van der Waals surface area contributed by atoms with Crippen LogP contribution in [0.15, 0.2) is 47.4 Å². The Morgan fingerprint density at radius 3 is 2.09 bits per heavy atom. The zero-order valence-corrected chi connectivity index (χ0v) is 12.1. The molecule has 0 aliphatic rings. The van der Waals surface area contributed by atoms with E-state index in [4.69, 9.17) is 0 Å². The van der Waals surface area contributed by atoms with Crippen LogP contribution < -0.4 is 4.74 Å². The molecule has 118 valence electrons. The normalized spacial score (nSPS) is 12.2. The third-order valence-electron chi connectivity index (χ3n) is 2.74. The van der Waals surface area contributed by atoms with Gasteiger partial charge in [-0.1, -0.05) is 12.1 Å². The van der Waals surface area contributed by atoms with Gasteiger partial charge in [-0.15, -0.1) is 13.2 Å². The Morgan fingerprint density at radius 1 is 1.00 bits per heavy atom. The van der Waals surface area contributed by atoms with Crippen LogP contribution in [0.25, 0.3) is 11.1 Å². The summed E-state index contributed by atoms with van der Waals surface area (Å²) in [6.45, 7) is 0. The van der Waals surface area contributed by atoms with E-state index in [-0.39, 0.29) is 10.5 Å². The summed E-state index contributed by atoms with van der Waals surface area (Å²) in [5, 5.41) is 9.49. The van der Waals surface area contributed by atoms with Crippen molar-refractivity contribution in [1.82, 2.24) is 0 Å². The standard InChI is InChI=1S/C14H11F3O4S/c1-22(19,20)13-4-2-9(3-5-13)10-6-11(18)8-12(7-10)21-14(15,16)17/h2-8,18H,1H3. The van der Waals surface area contributed by atoms with E-state index < -0.39 is 27.7 Å².